The molecule has 7 heteroatoms. The highest BCUT2D eigenvalue weighted by Gasteiger charge is 1.92. The predicted octanol–water partition coefficient (Wildman–Crippen LogP) is 0.732. The van der Waals surface area contributed by atoms with Crippen LogP contribution in [0.3, 0.4) is 0 Å². The van der Waals surface area contributed by atoms with Gasteiger partial charge in [0.05, 0.1) is 0 Å². The van der Waals surface area contributed by atoms with Gasteiger partial charge in [0.25, 0.3) is 0 Å². The van der Waals surface area contributed by atoms with Crippen LogP contribution in [0.5, 0.6) is 0 Å². The van der Waals surface area contributed by atoms with Crippen molar-refractivity contribution in [3.63, 3.8) is 0 Å². The molecule has 0 saturated carbocycles. The third kappa shape index (κ3) is 19.4. The van der Waals surface area contributed by atoms with Gasteiger partial charge in [-0.25, -0.2) is 14.4 Å². The average molecular weight is 259 g/mol. The van der Waals surface area contributed by atoms with Crippen LogP contribution in [0.1, 0.15) is 20.3 Å². The maximum atomic E-state index is 10.5. The summed E-state index contributed by atoms with van der Waals surface area (Å²) in [5.74, 6) is -2.87. The van der Waals surface area contributed by atoms with Crippen LogP contribution in [0, 0.1) is 0 Å². The Morgan fingerprint density at radius 1 is 1.11 bits per heavy atom. The minimum absolute atomic E-state index is 0.351. The van der Waals surface area contributed by atoms with E-state index in [4.69, 9.17) is 10.2 Å². The summed E-state index contributed by atoms with van der Waals surface area (Å²) in [5.41, 5.74) is 2.52. The van der Waals surface area contributed by atoms with Gasteiger partial charge in [-0.1, -0.05) is 13.0 Å². The van der Waals surface area contributed by atoms with Gasteiger partial charge in [0, 0.05) is 24.8 Å². The average Bonchev–Trinajstić information content (AvgIpc) is 2.28. The summed E-state index contributed by atoms with van der Waals surface area (Å²) in [6, 6.07) is 0. The van der Waals surface area contributed by atoms with E-state index in [1.54, 1.807) is 13.0 Å². The Morgan fingerprint density at radius 3 is 1.94 bits per heavy atom. The third-order valence-electron chi connectivity index (χ3n) is 1.20. The highest BCUT2D eigenvalue weighted by Crippen LogP contribution is 1.77. The summed E-state index contributed by atoms with van der Waals surface area (Å²) in [5, 5.41) is 15.6. The molecule has 0 saturated heterocycles. The largest absolute Gasteiger partial charge is 0.478 e. The number of carboxylic acids is 2. The summed E-state index contributed by atoms with van der Waals surface area (Å²) in [4.78, 5) is 34.2. The van der Waals surface area contributed by atoms with Crippen molar-refractivity contribution >= 4 is 17.9 Å². The van der Waals surface area contributed by atoms with Crippen molar-refractivity contribution in [2.75, 3.05) is 6.54 Å². The summed E-state index contributed by atoms with van der Waals surface area (Å²) in [6.45, 7) is 4.46. The van der Waals surface area contributed by atoms with E-state index in [2.05, 4.69) is 10.3 Å². The van der Waals surface area contributed by atoms with E-state index in [-0.39, 0.29) is 5.97 Å². The Balaban J connectivity index is 0. The number of hydrogen-bond acceptors (Lipinski definition) is 5. The Kier molecular flexibility index (Phi) is 13.1. The van der Waals surface area contributed by atoms with E-state index in [1.165, 1.54) is 6.08 Å². The van der Waals surface area contributed by atoms with Crippen molar-refractivity contribution in [2.24, 2.45) is 0 Å². The molecular weight excluding hydrogens is 242 g/mol. The molecule has 7 nitrogen and oxygen atoms in total. The second kappa shape index (κ2) is 12.9. The first-order valence-corrected chi connectivity index (χ1v) is 5.14. The molecular formula is C11H17NO6. The van der Waals surface area contributed by atoms with Crippen LogP contribution in [0.2, 0.25) is 0 Å². The van der Waals surface area contributed by atoms with Crippen LogP contribution in [0.15, 0.2) is 24.3 Å². The van der Waals surface area contributed by atoms with E-state index in [9.17, 15) is 14.4 Å². The minimum atomic E-state index is -1.26. The van der Waals surface area contributed by atoms with Gasteiger partial charge in [0.1, 0.15) is 0 Å². The molecule has 0 unspecified atom stereocenters. The molecule has 0 aliphatic carbocycles. The van der Waals surface area contributed by atoms with Crippen molar-refractivity contribution in [2.45, 2.75) is 20.3 Å². The second-order valence-corrected chi connectivity index (χ2v) is 2.83. The first-order valence-electron chi connectivity index (χ1n) is 5.14. The monoisotopic (exact) mass is 259 g/mol. The fraction of sp³-hybridized carbons (Fsp3) is 0.364. The normalized spacial score (nSPS) is 9.89. The molecule has 18 heavy (non-hydrogen) atoms. The van der Waals surface area contributed by atoms with E-state index in [0.29, 0.717) is 18.7 Å². The van der Waals surface area contributed by atoms with E-state index < -0.39 is 11.9 Å². The molecule has 0 aromatic heterocycles. The zero-order valence-electron chi connectivity index (χ0n) is 10.3. The zero-order valence-corrected chi connectivity index (χ0v) is 10.3. The van der Waals surface area contributed by atoms with Crippen LogP contribution in [0.25, 0.3) is 0 Å². The van der Waals surface area contributed by atoms with Crippen LogP contribution < -0.4 is 5.48 Å². The van der Waals surface area contributed by atoms with Gasteiger partial charge < -0.3 is 15.1 Å². The van der Waals surface area contributed by atoms with E-state index in [1.807, 2.05) is 6.92 Å². The van der Waals surface area contributed by atoms with Gasteiger partial charge in [0.15, 0.2) is 0 Å². The molecule has 3 N–H and O–H groups in total. The zero-order chi connectivity index (χ0) is 14.4. The van der Waals surface area contributed by atoms with Crippen molar-refractivity contribution in [3.8, 4) is 0 Å². The topological polar surface area (TPSA) is 113 Å². The molecule has 0 rings (SSSR count). The molecule has 0 aromatic rings. The fourth-order valence-corrected chi connectivity index (χ4v) is 0.537. The lowest BCUT2D eigenvalue weighted by Crippen LogP contribution is -2.18. The van der Waals surface area contributed by atoms with Gasteiger partial charge in [-0.05, 0) is 13.3 Å². The van der Waals surface area contributed by atoms with Gasteiger partial charge in [0.2, 0.25) is 0 Å². The second-order valence-electron chi connectivity index (χ2n) is 2.83. The SMILES string of the molecule is CC=CC(=O)ONCCC.O=C(O)/C=C/C(=O)O. The number of carboxylic acid groups (broad SMARTS) is 2. The molecule has 0 aliphatic heterocycles. The van der Waals surface area contributed by atoms with Crippen molar-refractivity contribution in [1.29, 1.82) is 0 Å². The molecule has 102 valence electrons. The molecule has 0 radical (unpaired) electrons. The Labute approximate surface area is 105 Å². The molecule has 0 bridgehead atoms. The molecule has 0 aromatic carbocycles. The number of allylic oxidation sites excluding steroid dienone is 1. The molecule has 0 fully saturated rings. The van der Waals surface area contributed by atoms with Gasteiger partial charge in [-0.2, -0.15) is 5.48 Å². The molecule has 0 atom stereocenters. The minimum Gasteiger partial charge on any atom is -0.478 e. The van der Waals surface area contributed by atoms with Crippen molar-refractivity contribution in [1.82, 2.24) is 5.48 Å². The number of aliphatic carboxylic acids is 2. The standard InChI is InChI=1S/C7H13NO2.C4H4O4/c1-3-5-7(9)10-8-6-4-2;5-3(6)1-2-4(7)8/h3,5,8H,4,6H2,1-2H3;1-2H,(H,5,6)(H,7,8)/b;2-1+. The maximum absolute atomic E-state index is 10.5. The summed E-state index contributed by atoms with van der Waals surface area (Å²) in [6.07, 6.45) is 5.06. The lowest BCUT2D eigenvalue weighted by atomic mass is 10.5. The van der Waals surface area contributed by atoms with E-state index >= 15 is 0 Å². The number of hydroxylamine groups is 1. The van der Waals surface area contributed by atoms with Crippen LogP contribution >= 0.6 is 0 Å². The highest BCUT2D eigenvalue weighted by molar-refractivity contribution is 5.89. The Morgan fingerprint density at radius 2 is 1.61 bits per heavy atom. The molecule has 0 spiro atoms. The molecule has 0 aliphatic rings. The lowest BCUT2D eigenvalue weighted by molar-refractivity contribution is -0.145. The van der Waals surface area contributed by atoms with Crippen molar-refractivity contribution in [3.05, 3.63) is 24.3 Å². The van der Waals surface area contributed by atoms with Crippen LogP contribution in [-0.4, -0.2) is 34.7 Å². The highest BCUT2D eigenvalue weighted by atomic mass is 16.7. The molecule has 0 amide bonds. The van der Waals surface area contributed by atoms with Crippen LogP contribution in [-0.2, 0) is 19.2 Å². The van der Waals surface area contributed by atoms with Crippen LogP contribution in [0.4, 0.5) is 0 Å². The Hall–Kier alpha value is -2.15. The molecule has 0 heterocycles. The maximum Gasteiger partial charge on any atom is 0.349 e. The lowest BCUT2D eigenvalue weighted by Gasteiger charge is -1.99. The number of rotatable bonds is 6. The van der Waals surface area contributed by atoms with Gasteiger partial charge >= 0.3 is 17.9 Å². The first kappa shape index (κ1) is 18.2. The summed E-state index contributed by atoms with van der Waals surface area (Å²) < 4.78 is 0. The van der Waals surface area contributed by atoms with Crippen molar-refractivity contribution < 1.29 is 29.4 Å². The number of carbonyl (C=O) groups is 3. The first-order chi connectivity index (χ1) is 8.43. The predicted molar refractivity (Wildman–Crippen MR) is 63.6 cm³/mol. The smallest absolute Gasteiger partial charge is 0.349 e. The Bertz CT molecular complexity index is 305. The number of carbonyl (C=O) groups excluding carboxylic acids is 1. The van der Waals surface area contributed by atoms with E-state index in [0.717, 1.165) is 6.42 Å². The number of hydrogen-bond donors (Lipinski definition) is 3. The number of nitrogens with one attached hydrogen (secondary N) is 1. The fourth-order valence-electron chi connectivity index (χ4n) is 0.537. The summed E-state index contributed by atoms with van der Waals surface area (Å²) >= 11 is 0. The quantitative estimate of drug-likeness (QED) is 0.366. The third-order valence-corrected chi connectivity index (χ3v) is 1.20. The summed E-state index contributed by atoms with van der Waals surface area (Å²) in [7, 11) is 0. The van der Waals surface area contributed by atoms with Gasteiger partial charge in [-0.15, -0.1) is 0 Å². The van der Waals surface area contributed by atoms with Gasteiger partial charge in [-0.3, -0.25) is 0 Å².